The maximum Gasteiger partial charge on any atom is 0.257 e. The van der Waals surface area contributed by atoms with Crippen LogP contribution in [0.4, 0.5) is 5.69 Å². The molecule has 0 atom stereocenters. The third-order valence-electron chi connectivity index (χ3n) is 3.89. The van der Waals surface area contributed by atoms with Crippen molar-refractivity contribution in [1.29, 1.82) is 0 Å². The second-order valence-corrected chi connectivity index (χ2v) is 5.07. The Labute approximate surface area is 118 Å². The molecule has 4 nitrogen and oxygen atoms in total. The van der Waals surface area contributed by atoms with Gasteiger partial charge in [0.2, 0.25) is 0 Å². The van der Waals surface area contributed by atoms with Gasteiger partial charge in [0.1, 0.15) is 5.76 Å². The number of hydrogen-bond acceptors (Lipinski definition) is 3. The van der Waals surface area contributed by atoms with Gasteiger partial charge < -0.3 is 15.1 Å². The fourth-order valence-electron chi connectivity index (χ4n) is 2.76. The molecule has 1 aromatic carbocycles. The molecule has 20 heavy (non-hydrogen) atoms. The maximum atomic E-state index is 12.6. The first-order valence-corrected chi connectivity index (χ1v) is 6.92. The summed E-state index contributed by atoms with van der Waals surface area (Å²) >= 11 is 0. The van der Waals surface area contributed by atoms with Crippen molar-refractivity contribution in [2.45, 2.75) is 26.3 Å². The highest BCUT2D eigenvalue weighted by Crippen LogP contribution is 2.26. The summed E-state index contributed by atoms with van der Waals surface area (Å²) in [5.41, 5.74) is 9.78. The summed E-state index contributed by atoms with van der Waals surface area (Å²) in [4.78, 5) is 14.4. The Morgan fingerprint density at radius 3 is 3.05 bits per heavy atom. The van der Waals surface area contributed by atoms with Crippen molar-refractivity contribution >= 4 is 11.6 Å². The molecule has 0 fully saturated rings. The molecule has 3 rings (SSSR count). The number of nitrogens with two attached hydrogens (primary N) is 1. The molecule has 4 heteroatoms. The lowest BCUT2D eigenvalue weighted by atomic mass is 9.97. The SMILES string of the molecule is CCc1occc1C(=O)N1CCc2cccc(N)c2C1. The molecule has 1 aliphatic heterocycles. The molecule has 0 unspecified atom stereocenters. The number of rotatable bonds is 2. The minimum atomic E-state index is 0.0319. The molecule has 1 amide bonds. The van der Waals surface area contributed by atoms with Gasteiger partial charge in [0.15, 0.2) is 0 Å². The van der Waals surface area contributed by atoms with Gasteiger partial charge in [-0.1, -0.05) is 19.1 Å². The van der Waals surface area contributed by atoms with E-state index < -0.39 is 0 Å². The summed E-state index contributed by atoms with van der Waals surface area (Å²) in [6.45, 7) is 3.29. The van der Waals surface area contributed by atoms with Crippen molar-refractivity contribution in [3.8, 4) is 0 Å². The lowest BCUT2D eigenvalue weighted by Crippen LogP contribution is -2.36. The first-order valence-electron chi connectivity index (χ1n) is 6.92. The Morgan fingerprint density at radius 2 is 2.25 bits per heavy atom. The smallest absolute Gasteiger partial charge is 0.257 e. The van der Waals surface area contributed by atoms with Crippen LogP contribution in [0.3, 0.4) is 0 Å². The van der Waals surface area contributed by atoms with Crippen LogP contribution < -0.4 is 5.73 Å². The van der Waals surface area contributed by atoms with Crippen molar-refractivity contribution in [2.24, 2.45) is 0 Å². The fourth-order valence-corrected chi connectivity index (χ4v) is 2.76. The quantitative estimate of drug-likeness (QED) is 0.853. The van der Waals surface area contributed by atoms with Crippen molar-refractivity contribution in [1.82, 2.24) is 4.90 Å². The first-order chi connectivity index (χ1) is 9.70. The minimum absolute atomic E-state index is 0.0319. The summed E-state index contributed by atoms with van der Waals surface area (Å²) in [6.07, 6.45) is 3.16. The van der Waals surface area contributed by atoms with Crippen molar-refractivity contribution in [3.63, 3.8) is 0 Å². The Morgan fingerprint density at radius 1 is 1.40 bits per heavy atom. The highest BCUT2D eigenvalue weighted by Gasteiger charge is 2.25. The van der Waals surface area contributed by atoms with E-state index in [0.717, 1.165) is 36.4 Å². The lowest BCUT2D eigenvalue weighted by Gasteiger charge is -2.29. The number of nitrogen functional groups attached to an aromatic ring is 1. The normalized spacial score (nSPS) is 14.2. The summed E-state index contributed by atoms with van der Waals surface area (Å²) in [5, 5.41) is 0. The fraction of sp³-hybridized carbons (Fsp3) is 0.312. The van der Waals surface area contributed by atoms with E-state index in [4.69, 9.17) is 10.2 Å². The van der Waals surface area contributed by atoms with Gasteiger partial charge in [-0.3, -0.25) is 4.79 Å². The van der Waals surface area contributed by atoms with E-state index in [1.165, 1.54) is 5.56 Å². The number of benzene rings is 1. The average Bonchev–Trinajstić information content (AvgIpc) is 2.95. The first kappa shape index (κ1) is 12.8. The molecule has 104 valence electrons. The van der Waals surface area contributed by atoms with Crippen LogP contribution in [-0.4, -0.2) is 17.4 Å². The van der Waals surface area contributed by atoms with Gasteiger partial charge in [-0.05, 0) is 29.7 Å². The van der Waals surface area contributed by atoms with Crippen molar-refractivity contribution < 1.29 is 9.21 Å². The molecule has 0 saturated heterocycles. The molecule has 0 aliphatic carbocycles. The molecule has 0 saturated carbocycles. The van der Waals surface area contributed by atoms with E-state index in [1.807, 2.05) is 24.0 Å². The predicted molar refractivity (Wildman–Crippen MR) is 77.4 cm³/mol. The van der Waals surface area contributed by atoms with Gasteiger partial charge in [0.25, 0.3) is 5.91 Å². The highest BCUT2D eigenvalue weighted by atomic mass is 16.3. The predicted octanol–water partition coefficient (Wildman–Crippen LogP) is 2.62. The average molecular weight is 270 g/mol. The number of amides is 1. The number of fused-ring (bicyclic) bond motifs is 1. The number of carbonyl (C=O) groups is 1. The van der Waals surface area contributed by atoms with Crippen molar-refractivity contribution in [2.75, 3.05) is 12.3 Å². The van der Waals surface area contributed by atoms with E-state index in [9.17, 15) is 4.79 Å². The molecule has 1 aromatic heterocycles. The van der Waals surface area contributed by atoms with Crippen molar-refractivity contribution in [3.05, 3.63) is 53.0 Å². The van der Waals surface area contributed by atoms with Gasteiger partial charge in [-0.2, -0.15) is 0 Å². The molecule has 1 aliphatic rings. The largest absolute Gasteiger partial charge is 0.469 e. The lowest BCUT2D eigenvalue weighted by molar-refractivity contribution is 0.0733. The van der Waals surface area contributed by atoms with Gasteiger partial charge in [-0.25, -0.2) is 0 Å². The second kappa shape index (κ2) is 5.04. The van der Waals surface area contributed by atoms with Crippen LogP contribution >= 0.6 is 0 Å². The Hall–Kier alpha value is -2.23. The Bertz CT molecular complexity index is 646. The molecule has 2 N–H and O–H groups in total. The van der Waals surface area contributed by atoms with E-state index in [2.05, 4.69) is 6.07 Å². The zero-order valence-corrected chi connectivity index (χ0v) is 11.6. The van der Waals surface area contributed by atoms with Crippen LogP contribution in [0, 0.1) is 0 Å². The van der Waals surface area contributed by atoms with Crippen LogP contribution in [-0.2, 0) is 19.4 Å². The molecule has 0 spiro atoms. The summed E-state index contributed by atoms with van der Waals surface area (Å²) in [7, 11) is 0. The number of furan rings is 1. The van der Waals surface area contributed by atoms with Crippen LogP contribution in [0.25, 0.3) is 0 Å². The number of hydrogen-bond donors (Lipinski definition) is 1. The zero-order valence-electron chi connectivity index (χ0n) is 11.6. The number of nitrogens with zero attached hydrogens (tertiary/aromatic N) is 1. The molecular formula is C16H18N2O2. The second-order valence-electron chi connectivity index (χ2n) is 5.07. The number of aryl methyl sites for hydroxylation is 1. The molecule has 0 radical (unpaired) electrons. The van der Waals surface area contributed by atoms with E-state index in [0.29, 0.717) is 12.1 Å². The van der Waals surface area contributed by atoms with Gasteiger partial charge in [0.05, 0.1) is 11.8 Å². The molecule has 2 heterocycles. The topological polar surface area (TPSA) is 59.5 Å². The van der Waals surface area contributed by atoms with E-state index >= 15 is 0 Å². The third kappa shape index (κ3) is 2.07. The molecule has 0 bridgehead atoms. The third-order valence-corrected chi connectivity index (χ3v) is 3.89. The molecule has 2 aromatic rings. The Kier molecular flexibility index (Phi) is 3.22. The van der Waals surface area contributed by atoms with E-state index in [-0.39, 0.29) is 5.91 Å². The summed E-state index contributed by atoms with van der Waals surface area (Å²) in [6, 6.07) is 7.70. The number of anilines is 1. The molecular weight excluding hydrogens is 252 g/mol. The van der Waals surface area contributed by atoms with Crippen LogP contribution in [0.2, 0.25) is 0 Å². The minimum Gasteiger partial charge on any atom is -0.469 e. The maximum absolute atomic E-state index is 12.6. The summed E-state index contributed by atoms with van der Waals surface area (Å²) < 4.78 is 5.35. The van der Waals surface area contributed by atoms with E-state index in [1.54, 1.807) is 12.3 Å². The van der Waals surface area contributed by atoms with Gasteiger partial charge >= 0.3 is 0 Å². The monoisotopic (exact) mass is 270 g/mol. The Balaban J connectivity index is 1.87. The standard InChI is InChI=1S/C16H18N2O2/c1-2-15-12(7-9-20-15)16(19)18-8-6-11-4-3-5-14(17)13(11)10-18/h3-5,7,9H,2,6,8,10,17H2,1H3. The van der Waals surface area contributed by atoms with Gasteiger partial charge in [0, 0.05) is 25.2 Å². The number of carbonyl (C=O) groups excluding carboxylic acids is 1. The van der Waals surface area contributed by atoms with Crippen LogP contribution in [0.1, 0.15) is 34.2 Å². The van der Waals surface area contributed by atoms with Crippen LogP contribution in [0.15, 0.2) is 34.9 Å². The highest BCUT2D eigenvalue weighted by molar-refractivity contribution is 5.95. The zero-order chi connectivity index (χ0) is 14.1. The van der Waals surface area contributed by atoms with Crippen LogP contribution in [0.5, 0.6) is 0 Å². The van der Waals surface area contributed by atoms with Gasteiger partial charge in [-0.15, -0.1) is 0 Å². The summed E-state index contributed by atoms with van der Waals surface area (Å²) in [5.74, 6) is 0.784.